The number of phenols is 2. The quantitative estimate of drug-likeness (QED) is 0.427. The first-order valence-corrected chi connectivity index (χ1v) is 8.40. The second-order valence-corrected chi connectivity index (χ2v) is 6.60. The van der Waals surface area contributed by atoms with Crippen molar-refractivity contribution in [2.24, 2.45) is 0 Å². The summed E-state index contributed by atoms with van der Waals surface area (Å²) in [6, 6.07) is 15.6. The van der Waals surface area contributed by atoms with E-state index in [2.05, 4.69) is 4.98 Å². The van der Waals surface area contributed by atoms with Gasteiger partial charge in [0.05, 0.1) is 10.2 Å². The van der Waals surface area contributed by atoms with E-state index in [-0.39, 0.29) is 23.7 Å². The lowest BCUT2D eigenvalue weighted by Crippen LogP contribution is -2.05. The molecule has 0 bridgehead atoms. The van der Waals surface area contributed by atoms with Crippen LogP contribution in [-0.4, -0.2) is 21.2 Å². The van der Waals surface area contributed by atoms with Gasteiger partial charge >= 0.3 is 5.97 Å². The Morgan fingerprint density at radius 3 is 2.56 bits per heavy atom. The van der Waals surface area contributed by atoms with Crippen molar-refractivity contribution in [1.29, 1.82) is 0 Å². The average Bonchev–Trinajstić information content (AvgIpc) is 3.06. The molecule has 0 saturated heterocycles. The minimum atomic E-state index is -0.710. The number of thiazole rings is 1. The van der Waals surface area contributed by atoms with Crippen molar-refractivity contribution in [2.45, 2.75) is 6.61 Å². The fourth-order valence-electron chi connectivity index (χ4n) is 2.68. The molecule has 124 valence electrons. The van der Waals surface area contributed by atoms with Gasteiger partial charge < -0.3 is 14.9 Å². The van der Waals surface area contributed by atoms with Crippen LogP contribution >= 0.6 is 11.3 Å². The van der Waals surface area contributed by atoms with Crippen LogP contribution in [0.4, 0.5) is 0 Å². The third-order valence-electron chi connectivity index (χ3n) is 3.88. The fourth-order valence-corrected chi connectivity index (χ4v) is 3.56. The number of carbonyl (C=O) groups excluding carboxylic acids is 1. The Hall–Kier alpha value is -3.12. The molecule has 0 fully saturated rings. The van der Waals surface area contributed by atoms with Gasteiger partial charge in [0.15, 0.2) is 0 Å². The molecule has 0 aliphatic rings. The minimum absolute atomic E-state index is 0.00517. The van der Waals surface area contributed by atoms with E-state index in [0.29, 0.717) is 15.8 Å². The van der Waals surface area contributed by atoms with Crippen LogP contribution in [0, 0.1) is 0 Å². The summed E-state index contributed by atoms with van der Waals surface area (Å²) in [7, 11) is 0. The molecule has 0 amide bonds. The van der Waals surface area contributed by atoms with Gasteiger partial charge in [-0.05, 0) is 18.2 Å². The number of carbonyl (C=O) groups is 1. The highest BCUT2D eigenvalue weighted by atomic mass is 32.1. The van der Waals surface area contributed by atoms with E-state index in [1.165, 1.54) is 17.4 Å². The third kappa shape index (κ3) is 2.77. The molecule has 0 aliphatic heterocycles. The van der Waals surface area contributed by atoms with Crippen LogP contribution < -0.4 is 0 Å². The lowest BCUT2D eigenvalue weighted by molar-refractivity contribution is 0.0469. The number of ether oxygens (including phenoxy) is 1. The summed E-state index contributed by atoms with van der Waals surface area (Å²) >= 11 is 1.44. The number of aromatic nitrogens is 1. The molecule has 1 heterocycles. The maximum Gasteiger partial charge on any atom is 0.342 e. The highest BCUT2D eigenvalue weighted by Crippen LogP contribution is 2.35. The van der Waals surface area contributed by atoms with Crippen molar-refractivity contribution in [3.63, 3.8) is 0 Å². The molecule has 0 radical (unpaired) electrons. The van der Waals surface area contributed by atoms with Crippen molar-refractivity contribution in [3.8, 4) is 11.5 Å². The fraction of sp³-hybridized carbons (Fsp3) is 0.0526. The van der Waals surface area contributed by atoms with E-state index < -0.39 is 5.97 Å². The van der Waals surface area contributed by atoms with Crippen molar-refractivity contribution in [2.75, 3.05) is 0 Å². The first kappa shape index (κ1) is 15.4. The lowest BCUT2D eigenvalue weighted by atomic mass is 10.0. The molecule has 0 saturated carbocycles. The molecule has 0 spiro atoms. The van der Waals surface area contributed by atoms with Crippen molar-refractivity contribution in [1.82, 2.24) is 4.98 Å². The summed E-state index contributed by atoms with van der Waals surface area (Å²) in [5.41, 5.74) is 0.780. The zero-order valence-corrected chi connectivity index (χ0v) is 13.8. The predicted molar refractivity (Wildman–Crippen MR) is 96.0 cm³/mol. The minimum Gasteiger partial charge on any atom is -0.507 e. The smallest absolute Gasteiger partial charge is 0.342 e. The highest BCUT2D eigenvalue weighted by molar-refractivity contribution is 7.18. The number of para-hydroxylation sites is 1. The van der Waals surface area contributed by atoms with Gasteiger partial charge in [-0.3, -0.25) is 0 Å². The van der Waals surface area contributed by atoms with Crippen molar-refractivity contribution < 1.29 is 19.7 Å². The van der Waals surface area contributed by atoms with E-state index in [1.807, 2.05) is 24.3 Å². The Morgan fingerprint density at radius 2 is 1.76 bits per heavy atom. The molecule has 4 rings (SSSR count). The molecule has 1 aromatic heterocycles. The molecule has 4 aromatic rings. The molecule has 6 heteroatoms. The molecular weight excluding hydrogens is 338 g/mol. The number of rotatable bonds is 3. The van der Waals surface area contributed by atoms with Crippen LogP contribution in [0.1, 0.15) is 15.4 Å². The number of esters is 1. The van der Waals surface area contributed by atoms with E-state index in [4.69, 9.17) is 4.74 Å². The van der Waals surface area contributed by atoms with E-state index in [9.17, 15) is 15.0 Å². The number of nitrogens with zero attached hydrogens (tertiary/aromatic N) is 1. The van der Waals surface area contributed by atoms with Gasteiger partial charge in [-0.1, -0.05) is 36.4 Å². The molecule has 25 heavy (non-hydrogen) atoms. The third-order valence-corrected chi connectivity index (χ3v) is 4.89. The number of phenolic OH excluding ortho intramolecular Hbond substituents is 2. The lowest BCUT2D eigenvalue weighted by Gasteiger charge is -2.09. The second-order valence-electron chi connectivity index (χ2n) is 5.49. The Balaban J connectivity index is 1.60. The summed E-state index contributed by atoms with van der Waals surface area (Å²) in [4.78, 5) is 16.7. The summed E-state index contributed by atoms with van der Waals surface area (Å²) in [6.45, 7) is 0.00517. The van der Waals surface area contributed by atoms with Gasteiger partial charge in [0, 0.05) is 10.8 Å². The molecular formula is C19H13NO4S. The van der Waals surface area contributed by atoms with Crippen LogP contribution in [0.15, 0.2) is 54.6 Å². The monoisotopic (exact) mass is 351 g/mol. The molecule has 2 N–H and O–H groups in total. The topological polar surface area (TPSA) is 79.7 Å². The van der Waals surface area contributed by atoms with Gasteiger partial charge in [0.1, 0.15) is 28.7 Å². The Bertz CT molecular complexity index is 1070. The summed E-state index contributed by atoms with van der Waals surface area (Å²) in [5, 5.41) is 21.9. The maximum absolute atomic E-state index is 12.3. The Morgan fingerprint density at radius 1 is 1.04 bits per heavy atom. The summed E-state index contributed by atoms with van der Waals surface area (Å²) in [5.74, 6) is -0.999. The first-order valence-electron chi connectivity index (χ1n) is 7.59. The zero-order chi connectivity index (χ0) is 17.4. The second kappa shape index (κ2) is 6.07. The van der Waals surface area contributed by atoms with Crippen molar-refractivity contribution >= 4 is 38.3 Å². The molecule has 5 nitrogen and oxygen atoms in total. The van der Waals surface area contributed by atoms with Gasteiger partial charge in [-0.25, -0.2) is 9.78 Å². The van der Waals surface area contributed by atoms with Gasteiger partial charge in [-0.15, -0.1) is 11.3 Å². The Labute approximate surface area is 146 Å². The number of benzene rings is 3. The zero-order valence-electron chi connectivity index (χ0n) is 13.0. The van der Waals surface area contributed by atoms with Crippen LogP contribution in [-0.2, 0) is 11.3 Å². The molecule has 0 atom stereocenters. The van der Waals surface area contributed by atoms with Crippen molar-refractivity contribution in [3.05, 3.63) is 65.2 Å². The summed E-state index contributed by atoms with van der Waals surface area (Å²) in [6.07, 6.45) is 0. The number of fused-ring (bicyclic) bond motifs is 2. The number of hydrogen-bond donors (Lipinski definition) is 2. The molecule has 0 unspecified atom stereocenters. The normalized spacial score (nSPS) is 11.0. The van der Waals surface area contributed by atoms with Crippen LogP contribution in [0.2, 0.25) is 0 Å². The Kier molecular flexibility index (Phi) is 3.74. The first-order chi connectivity index (χ1) is 12.1. The average molecular weight is 351 g/mol. The molecule has 0 aliphatic carbocycles. The van der Waals surface area contributed by atoms with E-state index in [0.717, 1.165) is 10.2 Å². The van der Waals surface area contributed by atoms with E-state index >= 15 is 0 Å². The molecule has 3 aromatic carbocycles. The number of aromatic hydroxyl groups is 2. The van der Waals surface area contributed by atoms with E-state index in [1.54, 1.807) is 24.3 Å². The SMILES string of the molecule is O=C(OCc1nc2ccccc2s1)c1cc(O)c2ccccc2c1O. The maximum atomic E-state index is 12.3. The van der Waals surface area contributed by atoms with Crippen LogP contribution in [0.25, 0.3) is 21.0 Å². The van der Waals surface area contributed by atoms with Gasteiger partial charge in [-0.2, -0.15) is 0 Å². The standard InChI is InChI=1S/C19H13NO4S/c21-15-9-13(18(22)12-6-2-1-5-11(12)15)19(23)24-10-17-20-14-7-3-4-8-16(14)25-17/h1-9,21-22H,10H2. The van der Waals surface area contributed by atoms with Crippen LogP contribution in [0.5, 0.6) is 11.5 Å². The predicted octanol–water partition coefficient (Wildman–Crippen LogP) is 4.22. The number of hydrogen-bond acceptors (Lipinski definition) is 6. The van der Waals surface area contributed by atoms with Crippen LogP contribution in [0.3, 0.4) is 0 Å². The largest absolute Gasteiger partial charge is 0.507 e. The van der Waals surface area contributed by atoms with Gasteiger partial charge in [0.2, 0.25) is 0 Å². The highest BCUT2D eigenvalue weighted by Gasteiger charge is 2.18. The summed E-state index contributed by atoms with van der Waals surface area (Å²) < 4.78 is 6.28. The van der Waals surface area contributed by atoms with Gasteiger partial charge in [0.25, 0.3) is 0 Å².